The molecule has 2 aliphatic heterocycles. The summed E-state index contributed by atoms with van der Waals surface area (Å²) in [4.78, 5) is 22.0. The van der Waals surface area contributed by atoms with Crippen LogP contribution in [-0.4, -0.2) is 68.3 Å². The summed E-state index contributed by atoms with van der Waals surface area (Å²) in [6.45, 7) is 7.13. The predicted molar refractivity (Wildman–Crippen MR) is 152 cm³/mol. The summed E-state index contributed by atoms with van der Waals surface area (Å²) in [6.07, 6.45) is 5.21. The third-order valence-electron chi connectivity index (χ3n) is 7.15. The second-order valence-corrected chi connectivity index (χ2v) is 10.1. The molecule has 1 unspecified atom stereocenters. The van der Waals surface area contributed by atoms with Crippen molar-refractivity contribution in [3.63, 3.8) is 0 Å². The molecular formula is C30H37N5O3. The highest BCUT2D eigenvalue weighted by molar-refractivity contribution is 6.05. The van der Waals surface area contributed by atoms with E-state index in [0.717, 1.165) is 79.6 Å². The van der Waals surface area contributed by atoms with Crippen molar-refractivity contribution in [2.24, 2.45) is 0 Å². The van der Waals surface area contributed by atoms with Crippen LogP contribution in [0.1, 0.15) is 35.2 Å². The topological polar surface area (TPSA) is 79.0 Å². The number of pyridine rings is 1. The van der Waals surface area contributed by atoms with Crippen LogP contribution in [0.15, 0.2) is 60.8 Å². The predicted octanol–water partition coefficient (Wildman–Crippen LogP) is 5.09. The number of aromatic nitrogens is 1. The van der Waals surface area contributed by atoms with Crippen molar-refractivity contribution in [1.29, 1.82) is 0 Å². The number of amides is 1. The number of morpholine rings is 1. The third-order valence-corrected chi connectivity index (χ3v) is 7.15. The summed E-state index contributed by atoms with van der Waals surface area (Å²) in [7, 11) is 2.17. The van der Waals surface area contributed by atoms with Crippen LogP contribution in [0.3, 0.4) is 0 Å². The normalized spacial score (nSPS) is 18.5. The zero-order valence-electron chi connectivity index (χ0n) is 22.3. The molecule has 8 nitrogen and oxygen atoms in total. The van der Waals surface area contributed by atoms with E-state index < -0.39 is 0 Å². The average Bonchev–Trinajstić information content (AvgIpc) is 3.15. The first-order valence-corrected chi connectivity index (χ1v) is 13.5. The van der Waals surface area contributed by atoms with Gasteiger partial charge in [-0.25, -0.2) is 4.98 Å². The fourth-order valence-electron chi connectivity index (χ4n) is 4.89. The van der Waals surface area contributed by atoms with Crippen molar-refractivity contribution in [1.82, 2.24) is 9.88 Å². The number of nitrogens with zero attached hydrogens (tertiary/aromatic N) is 3. The summed E-state index contributed by atoms with van der Waals surface area (Å²) < 4.78 is 11.8. The summed E-state index contributed by atoms with van der Waals surface area (Å²) in [5, 5.41) is 6.54. The maximum atomic E-state index is 13.1. The van der Waals surface area contributed by atoms with Crippen LogP contribution in [0.25, 0.3) is 0 Å². The van der Waals surface area contributed by atoms with Crippen molar-refractivity contribution in [3.8, 4) is 5.75 Å². The number of benzene rings is 2. The van der Waals surface area contributed by atoms with E-state index in [-0.39, 0.29) is 12.0 Å². The Bertz CT molecular complexity index is 1240. The van der Waals surface area contributed by atoms with Crippen molar-refractivity contribution < 1.29 is 14.3 Å². The number of rotatable bonds is 7. The first-order chi connectivity index (χ1) is 18.5. The molecule has 2 aromatic carbocycles. The highest BCUT2D eigenvalue weighted by atomic mass is 16.5. The van der Waals surface area contributed by atoms with Gasteiger partial charge >= 0.3 is 0 Å². The molecule has 5 rings (SSSR count). The van der Waals surface area contributed by atoms with Crippen LogP contribution in [0.2, 0.25) is 0 Å². The van der Waals surface area contributed by atoms with Gasteiger partial charge in [-0.05, 0) is 81.7 Å². The minimum atomic E-state index is -0.166. The summed E-state index contributed by atoms with van der Waals surface area (Å²) in [5.74, 6) is 1.51. The van der Waals surface area contributed by atoms with Gasteiger partial charge in [0.2, 0.25) is 0 Å². The van der Waals surface area contributed by atoms with Crippen molar-refractivity contribution in [3.05, 3.63) is 71.9 Å². The number of ether oxygens (including phenoxy) is 2. The van der Waals surface area contributed by atoms with Gasteiger partial charge in [0.15, 0.2) is 0 Å². The molecule has 1 aromatic heterocycles. The molecule has 0 spiro atoms. The zero-order valence-corrected chi connectivity index (χ0v) is 22.3. The number of hydrogen-bond donors (Lipinski definition) is 2. The fraction of sp³-hybridized carbons (Fsp3) is 0.400. The lowest BCUT2D eigenvalue weighted by molar-refractivity contribution is 0.102. The van der Waals surface area contributed by atoms with Gasteiger partial charge in [0, 0.05) is 54.5 Å². The molecule has 0 aliphatic carbocycles. The third kappa shape index (κ3) is 6.82. The minimum Gasteiger partial charge on any atom is -0.490 e. The molecule has 3 heterocycles. The maximum absolute atomic E-state index is 13.1. The average molecular weight is 516 g/mol. The molecule has 2 fully saturated rings. The van der Waals surface area contributed by atoms with Gasteiger partial charge in [-0.2, -0.15) is 0 Å². The Hall–Kier alpha value is -3.62. The molecule has 38 heavy (non-hydrogen) atoms. The molecule has 0 bridgehead atoms. The lowest BCUT2D eigenvalue weighted by Gasteiger charge is -2.27. The molecule has 2 N–H and O–H groups in total. The molecule has 200 valence electrons. The fourth-order valence-corrected chi connectivity index (χ4v) is 4.89. The van der Waals surface area contributed by atoms with Gasteiger partial charge in [-0.3, -0.25) is 4.79 Å². The number of carbonyl (C=O) groups is 1. The van der Waals surface area contributed by atoms with Crippen molar-refractivity contribution >= 4 is 28.8 Å². The second kappa shape index (κ2) is 12.3. The zero-order chi connectivity index (χ0) is 26.3. The van der Waals surface area contributed by atoms with Gasteiger partial charge < -0.3 is 29.9 Å². The molecule has 8 heteroatoms. The van der Waals surface area contributed by atoms with E-state index in [1.807, 2.05) is 55.5 Å². The van der Waals surface area contributed by atoms with Crippen molar-refractivity contribution in [2.75, 3.05) is 62.0 Å². The Balaban J connectivity index is 1.24. The van der Waals surface area contributed by atoms with Crippen LogP contribution in [0, 0.1) is 6.92 Å². The van der Waals surface area contributed by atoms with Gasteiger partial charge in [-0.1, -0.05) is 12.1 Å². The van der Waals surface area contributed by atoms with E-state index in [9.17, 15) is 4.79 Å². The maximum Gasteiger partial charge on any atom is 0.255 e. The lowest BCUT2D eigenvalue weighted by atomic mass is 10.1. The number of carbonyl (C=O) groups excluding carboxylic acids is 1. The molecule has 0 radical (unpaired) electrons. The van der Waals surface area contributed by atoms with Crippen LogP contribution in [0.5, 0.6) is 5.75 Å². The van der Waals surface area contributed by atoms with Gasteiger partial charge in [0.1, 0.15) is 11.6 Å². The minimum absolute atomic E-state index is 0.166. The van der Waals surface area contributed by atoms with Crippen molar-refractivity contribution in [2.45, 2.75) is 32.3 Å². The first-order valence-electron chi connectivity index (χ1n) is 13.5. The molecule has 2 saturated heterocycles. The number of nitrogens with one attached hydrogen (secondary N) is 2. The largest absolute Gasteiger partial charge is 0.490 e. The smallest absolute Gasteiger partial charge is 0.255 e. The summed E-state index contributed by atoms with van der Waals surface area (Å²) in [6, 6.07) is 17.6. The van der Waals surface area contributed by atoms with Gasteiger partial charge in [0.05, 0.1) is 19.3 Å². The van der Waals surface area contributed by atoms with Gasteiger partial charge in [-0.15, -0.1) is 0 Å². The van der Waals surface area contributed by atoms with Crippen LogP contribution < -0.4 is 20.3 Å². The molecular weight excluding hydrogens is 478 g/mol. The standard InChI is InChI=1S/C30H37N5O3/c1-22-8-9-25(33-30(36)23-10-12-31-29(19-23)35-15-17-37-18-16-35)21-28(22)32-24-5-3-6-27(20-24)38-26-7-4-13-34(2)14-11-26/h3,5-6,8-10,12,19-21,26,32H,4,7,11,13-18H2,1-2H3,(H,33,36). The SMILES string of the molecule is Cc1ccc(NC(=O)c2ccnc(N3CCOCC3)c2)cc1Nc1cccc(OC2CCCN(C)CC2)c1. The highest BCUT2D eigenvalue weighted by Crippen LogP contribution is 2.28. The Kier molecular flexibility index (Phi) is 8.41. The number of hydrogen-bond acceptors (Lipinski definition) is 7. The second-order valence-electron chi connectivity index (χ2n) is 10.1. The van der Waals surface area contributed by atoms with E-state index in [1.54, 1.807) is 12.3 Å². The Morgan fingerprint density at radius 1 is 1.00 bits per heavy atom. The monoisotopic (exact) mass is 515 g/mol. The van der Waals surface area contributed by atoms with Crippen LogP contribution in [-0.2, 0) is 4.74 Å². The molecule has 1 atom stereocenters. The Morgan fingerprint density at radius 3 is 2.74 bits per heavy atom. The number of anilines is 4. The lowest BCUT2D eigenvalue weighted by Crippen LogP contribution is -2.36. The van der Waals surface area contributed by atoms with E-state index in [1.165, 1.54) is 0 Å². The highest BCUT2D eigenvalue weighted by Gasteiger charge is 2.17. The van der Waals surface area contributed by atoms with E-state index >= 15 is 0 Å². The number of aryl methyl sites for hydroxylation is 1. The Morgan fingerprint density at radius 2 is 1.87 bits per heavy atom. The molecule has 2 aliphatic rings. The quantitative estimate of drug-likeness (QED) is 0.454. The van der Waals surface area contributed by atoms with Crippen LogP contribution >= 0.6 is 0 Å². The number of likely N-dealkylation sites (tertiary alicyclic amines) is 1. The van der Waals surface area contributed by atoms with Gasteiger partial charge in [0.25, 0.3) is 5.91 Å². The summed E-state index contributed by atoms with van der Waals surface area (Å²) in [5.41, 5.74) is 4.26. The molecule has 0 saturated carbocycles. The molecule has 3 aromatic rings. The first kappa shape index (κ1) is 26.0. The van der Waals surface area contributed by atoms with E-state index in [4.69, 9.17) is 9.47 Å². The van der Waals surface area contributed by atoms with Crippen LogP contribution in [0.4, 0.5) is 22.9 Å². The summed E-state index contributed by atoms with van der Waals surface area (Å²) >= 11 is 0. The van der Waals surface area contributed by atoms with E-state index in [2.05, 4.69) is 32.5 Å². The van der Waals surface area contributed by atoms with E-state index in [0.29, 0.717) is 18.8 Å². The molecule has 1 amide bonds. The Labute approximate surface area is 225 Å².